The Labute approximate surface area is 205 Å². The van der Waals surface area contributed by atoms with Crippen LogP contribution in [0.4, 0.5) is 19.0 Å². The summed E-state index contributed by atoms with van der Waals surface area (Å²) in [6.45, 7) is 5.73. The fourth-order valence-corrected chi connectivity index (χ4v) is 4.62. The summed E-state index contributed by atoms with van der Waals surface area (Å²) in [6, 6.07) is 8.94. The molecule has 0 radical (unpaired) electrons. The van der Waals surface area contributed by atoms with E-state index in [0.29, 0.717) is 18.2 Å². The van der Waals surface area contributed by atoms with E-state index in [1.54, 1.807) is 10.7 Å². The molecule has 2 aliphatic rings. The van der Waals surface area contributed by atoms with E-state index in [-0.39, 0.29) is 0 Å². The van der Waals surface area contributed by atoms with Gasteiger partial charge in [-0.15, -0.1) is 0 Å². The fraction of sp³-hybridized carbons (Fsp3) is 0.417. The first-order valence-electron chi connectivity index (χ1n) is 11.5. The Balaban J connectivity index is 0.000000384. The van der Waals surface area contributed by atoms with Crippen LogP contribution in [0.3, 0.4) is 0 Å². The number of anilines is 1. The average molecular weight is 502 g/mol. The number of fused-ring (bicyclic) bond motifs is 2. The molecule has 0 saturated carbocycles. The lowest BCUT2D eigenvalue weighted by atomic mass is 9.92. The maximum absolute atomic E-state index is 10.6. The number of piperidine rings is 1. The minimum absolute atomic E-state index is 0.543. The number of ether oxygens (including phenoxy) is 1. The molecular formula is C24H25F3N6O3. The van der Waals surface area contributed by atoms with Crippen LogP contribution in [0, 0.1) is 17.2 Å². The Morgan fingerprint density at radius 1 is 1.33 bits per heavy atom. The lowest BCUT2D eigenvalue weighted by Crippen LogP contribution is -2.46. The molecule has 3 aromatic heterocycles. The third-order valence-corrected chi connectivity index (χ3v) is 6.32. The van der Waals surface area contributed by atoms with E-state index >= 15 is 0 Å². The summed E-state index contributed by atoms with van der Waals surface area (Å²) >= 11 is 0. The highest BCUT2D eigenvalue weighted by Gasteiger charge is 2.38. The van der Waals surface area contributed by atoms with E-state index in [0.717, 1.165) is 53.8 Å². The van der Waals surface area contributed by atoms with E-state index in [1.807, 2.05) is 25.4 Å². The second kappa shape index (κ2) is 10.4. The zero-order chi connectivity index (χ0) is 25.9. The highest BCUT2D eigenvalue weighted by atomic mass is 19.4. The molecule has 9 nitrogen and oxygen atoms in total. The first-order valence-corrected chi connectivity index (χ1v) is 11.5. The van der Waals surface area contributed by atoms with Crippen LogP contribution < -0.4 is 15.0 Å². The molecule has 2 atom stereocenters. The summed E-state index contributed by atoms with van der Waals surface area (Å²) < 4.78 is 39.1. The predicted molar refractivity (Wildman–Crippen MR) is 125 cm³/mol. The van der Waals surface area contributed by atoms with E-state index in [4.69, 9.17) is 19.6 Å². The first-order chi connectivity index (χ1) is 17.2. The van der Waals surface area contributed by atoms with Crippen molar-refractivity contribution < 1.29 is 27.8 Å². The average Bonchev–Trinajstić information content (AvgIpc) is 3.50. The van der Waals surface area contributed by atoms with E-state index in [1.165, 1.54) is 12.8 Å². The van der Waals surface area contributed by atoms with Gasteiger partial charge in [0, 0.05) is 36.5 Å². The number of aromatic nitrogens is 3. The van der Waals surface area contributed by atoms with Gasteiger partial charge in [-0.25, -0.2) is 14.3 Å². The van der Waals surface area contributed by atoms with Gasteiger partial charge < -0.3 is 20.1 Å². The van der Waals surface area contributed by atoms with Crippen molar-refractivity contribution in [1.82, 2.24) is 19.9 Å². The predicted octanol–water partition coefficient (Wildman–Crippen LogP) is 3.49. The van der Waals surface area contributed by atoms with Crippen molar-refractivity contribution in [3.63, 3.8) is 0 Å². The Hall–Kier alpha value is -3.85. The molecule has 2 fully saturated rings. The smallest absolute Gasteiger partial charge is 0.490 e. The van der Waals surface area contributed by atoms with Gasteiger partial charge in [0.1, 0.15) is 17.6 Å². The van der Waals surface area contributed by atoms with Crippen molar-refractivity contribution >= 4 is 17.3 Å². The van der Waals surface area contributed by atoms with Gasteiger partial charge in [-0.3, -0.25) is 0 Å². The van der Waals surface area contributed by atoms with Crippen LogP contribution in [0.25, 0.3) is 16.6 Å². The van der Waals surface area contributed by atoms with Gasteiger partial charge in [0.05, 0.1) is 30.1 Å². The maximum atomic E-state index is 10.6. The molecule has 190 valence electrons. The Morgan fingerprint density at radius 2 is 2.11 bits per heavy atom. The number of aliphatic carboxylic acids is 1. The zero-order valence-corrected chi connectivity index (χ0v) is 19.5. The molecule has 2 aliphatic heterocycles. The number of nitrogens with zero attached hydrogens (tertiary/aromatic N) is 5. The molecular weight excluding hydrogens is 477 g/mol. The summed E-state index contributed by atoms with van der Waals surface area (Å²) in [6.07, 6.45) is 2.73. The molecule has 3 aromatic rings. The second-order valence-corrected chi connectivity index (χ2v) is 8.54. The van der Waals surface area contributed by atoms with Crippen LogP contribution in [0.2, 0.25) is 0 Å². The third kappa shape index (κ3) is 5.36. The van der Waals surface area contributed by atoms with Gasteiger partial charge >= 0.3 is 12.1 Å². The van der Waals surface area contributed by atoms with Crippen molar-refractivity contribution in [2.45, 2.75) is 32.0 Å². The monoisotopic (exact) mass is 502 g/mol. The number of pyridine rings is 2. The Kier molecular flexibility index (Phi) is 7.30. The molecule has 5 heterocycles. The van der Waals surface area contributed by atoms with Crippen molar-refractivity contribution in [3.8, 4) is 22.9 Å². The molecule has 2 saturated heterocycles. The highest BCUT2D eigenvalue weighted by Crippen LogP contribution is 2.32. The maximum Gasteiger partial charge on any atom is 0.490 e. The summed E-state index contributed by atoms with van der Waals surface area (Å²) in [5.41, 5.74) is 3.18. The first kappa shape index (κ1) is 25.2. The fourth-order valence-electron chi connectivity index (χ4n) is 4.62. The Morgan fingerprint density at radius 3 is 2.75 bits per heavy atom. The normalized spacial score (nSPS) is 19.2. The topological polar surface area (TPSA) is 116 Å². The largest absolute Gasteiger partial charge is 0.492 e. The quantitative estimate of drug-likeness (QED) is 0.557. The van der Waals surface area contributed by atoms with Crippen LogP contribution >= 0.6 is 0 Å². The van der Waals surface area contributed by atoms with Crippen molar-refractivity contribution in [3.05, 3.63) is 42.4 Å². The minimum Gasteiger partial charge on any atom is -0.492 e. The van der Waals surface area contributed by atoms with Gasteiger partial charge in [0.2, 0.25) is 0 Å². The molecule has 2 N–H and O–H groups in total. The Bertz CT molecular complexity index is 1270. The molecule has 0 aromatic carbocycles. The van der Waals surface area contributed by atoms with E-state index in [2.05, 4.69) is 33.5 Å². The molecule has 0 amide bonds. The number of nitrogens with one attached hydrogen (secondary N) is 1. The van der Waals surface area contributed by atoms with Crippen LogP contribution in [0.15, 0.2) is 36.8 Å². The van der Waals surface area contributed by atoms with Crippen molar-refractivity contribution in [2.75, 3.05) is 31.1 Å². The number of nitriles is 1. The number of carboxylic acid groups (broad SMARTS) is 1. The van der Waals surface area contributed by atoms with Gasteiger partial charge in [-0.1, -0.05) is 0 Å². The number of halogens is 3. The number of alkyl halides is 3. The number of rotatable bonds is 4. The molecule has 0 aliphatic carbocycles. The minimum atomic E-state index is -5.08. The zero-order valence-electron chi connectivity index (χ0n) is 19.5. The van der Waals surface area contributed by atoms with Gasteiger partial charge in [-0.2, -0.15) is 23.5 Å². The van der Waals surface area contributed by atoms with Gasteiger partial charge in [-0.05, 0) is 50.4 Å². The summed E-state index contributed by atoms with van der Waals surface area (Å²) in [5, 5.41) is 24.6. The van der Waals surface area contributed by atoms with Crippen LogP contribution in [0.1, 0.15) is 25.3 Å². The lowest BCUT2D eigenvalue weighted by Gasteiger charge is -2.35. The SMILES string of the molecule is CCOc1cc(-c2ccc(N3CC[C@@H]4CCN[C@@H]4C3)nc2)c2c(C#N)cnn2c1.O=C(O)C(F)(F)F. The van der Waals surface area contributed by atoms with Crippen LogP contribution in [-0.4, -0.2) is 64.1 Å². The van der Waals surface area contributed by atoms with E-state index < -0.39 is 12.1 Å². The highest BCUT2D eigenvalue weighted by molar-refractivity contribution is 5.85. The standard InChI is InChI=1S/C22H24N6O.C2HF3O2/c1-2-29-18-9-19(22-17(10-23)12-26-28(22)13-18)16-3-4-21(25-11-16)27-8-6-15-5-7-24-20(15)14-27;3-2(4,5)1(6)7/h3-4,9,11-13,15,20,24H,2,5-8,14H2,1H3;(H,6,7)/t15-,20+;/m0./s1. The number of carboxylic acids is 1. The van der Waals surface area contributed by atoms with Crippen molar-refractivity contribution in [2.24, 2.45) is 5.92 Å². The molecule has 0 unspecified atom stereocenters. The van der Waals surface area contributed by atoms with Gasteiger partial charge in [0.15, 0.2) is 0 Å². The number of hydrogen-bond donors (Lipinski definition) is 2. The molecule has 36 heavy (non-hydrogen) atoms. The third-order valence-electron chi connectivity index (χ3n) is 6.32. The van der Waals surface area contributed by atoms with E-state index in [9.17, 15) is 18.4 Å². The molecule has 12 heteroatoms. The van der Waals surface area contributed by atoms with Crippen molar-refractivity contribution in [1.29, 1.82) is 5.26 Å². The second-order valence-electron chi connectivity index (χ2n) is 8.54. The van der Waals surface area contributed by atoms with Crippen LogP contribution in [0.5, 0.6) is 5.75 Å². The summed E-state index contributed by atoms with van der Waals surface area (Å²) in [7, 11) is 0. The van der Waals surface area contributed by atoms with Gasteiger partial charge in [0.25, 0.3) is 0 Å². The molecule has 5 rings (SSSR count). The lowest BCUT2D eigenvalue weighted by molar-refractivity contribution is -0.192. The summed E-state index contributed by atoms with van der Waals surface area (Å²) in [5.74, 6) is -0.216. The number of carbonyl (C=O) groups is 1. The van der Waals surface area contributed by atoms with Crippen LogP contribution in [-0.2, 0) is 4.79 Å². The summed E-state index contributed by atoms with van der Waals surface area (Å²) in [4.78, 5) is 16.0. The molecule has 0 bridgehead atoms. The molecule has 0 spiro atoms. The number of hydrogen-bond acceptors (Lipinski definition) is 7.